The highest BCUT2D eigenvalue weighted by Crippen LogP contribution is 2.33. The van der Waals surface area contributed by atoms with Crippen molar-refractivity contribution in [1.82, 2.24) is 9.13 Å². The predicted octanol–water partition coefficient (Wildman–Crippen LogP) is 2.78. The lowest BCUT2D eigenvalue weighted by Gasteiger charge is -2.11. The molecule has 5 rings (SSSR count). The van der Waals surface area contributed by atoms with Gasteiger partial charge in [0, 0.05) is 11.1 Å². The minimum absolute atomic E-state index is 0.00806. The third-order valence-electron chi connectivity index (χ3n) is 4.90. The summed E-state index contributed by atoms with van der Waals surface area (Å²) in [6.07, 6.45) is 0.263. The summed E-state index contributed by atoms with van der Waals surface area (Å²) in [6.45, 7) is 2.61. The van der Waals surface area contributed by atoms with Crippen molar-refractivity contribution in [2.45, 2.75) is 25.3 Å². The summed E-state index contributed by atoms with van der Waals surface area (Å²) in [4.78, 5) is 13.3. The van der Waals surface area contributed by atoms with E-state index in [1.165, 1.54) is 0 Å². The average Bonchev–Trinajstić information content (AvgIpc) is 3.60. The van der Waals surface area contributed by atoms with Gasteiger partial charge in [-0.05, 0) is 0 Å². The maximum atomic E-state index is 13.3. The predicted molar refractivity (Wildman–Crippen MR) is 99.0 cm³/mol. The number of rotatable bonds is 6. The van der Waals surface area contributed by atoms with Gasteiger partial charge in [-0.25, -0.2) is 4.79 Å². The topological polar surface area (TPSA) is 52.0 Å². The van der Waals surface area contributed by atoms with Crippen molar-refractivity contribution in [2.75, 3.05) is 13.2 Å². The molecule has 2 aliphatic rings. The average molecular weight is 348 g/mol. The Morgan fingerprint density at radius 2 is 1.12 bits per heavy atom. The van der Waals surface area contributed by atoms with E-state index < -0.39 is 0 Å². The minimum atomic E-state index is 0.00806. The molecule has 26 heavy (non-hydrogen) atoms. The molecule has 2 aromatic carbocycles. The number of epoxide rings is 2. The fraction of sp³-hybridized carbons (Fsp3) is 0.286. The lowest BCUT2D eigenvalue weighted by molar-refractivity contribution is 0.371. The zero-order valence-corrected chi connectivity index (χ0v) is 14.4. The molecule has 0 unspecified atom stereocenters. The summed E-state index contributed by atoms with van der Waals surface area (Å²) in [7, 11) is 0. The van der Waals surface area contributed by atoms with Crippen molar-refractivity contribution in [2.24, 2.45) is 0 Å². The largest absolute Gasteiger partial charge is 0.371 e. The second-order valence-electron chi connectivity index (χ2n) is 6.84. The van der Waals surface area contributed by atoms with Crippen LogP contribution in [0.3, 0.4) is 0 Å². The van der Waals surface area contributed by atoms with E-state index in [4.69, 9.17) is 9.47 Å². The minimum Gasteiger partial charge on any atom is -0.371 e. The van der Waals surface area contributed by atoms with Gasteiger partial charge in [0.15, 0.2) is 0 Å². The highest BCUT2D eigenvalue weighted by Gasteiger charge is 2.32. The standard InChI is InChI=1S/C21H20N2O3/c24-21-22(11-17-13-25-17)19(15-7-3-1-4-8-15)20(16-9-5-2-6-10-16)23(21)12-18-14-26-18/h1-10,17-18H,11-14H2/t17-,18-/m1/s1. The first kappa shape index (κ1) is 15.6. The molecular weight excluding hydrogens is 328 g/mol. The fourth-order valence-corrected chi connectivity index (χ4v) is 3.46. The van der Waals surface area contributed by atoms with Crippen molar-refractivity contribution in [1.29, 1.82) is 0 Å². The summed E-state index contributed by atoms with van der Waals surface area (Å²) in [6, 6.07) is 20.3. The molecule has 0 radical (unpaired) electrons. The summed E-state index contributed by atoms with van der Waals surface area (Å²) in [5, 5.41) is 0. The van der Waals surface area contributed by atoms with Gasteiger partial charge in [-0.2, -0.15) is 0 Å². The first-order chi connectivity index (χ1) is 12.8. The summed E-state index contributed by atoms with van der Waals surface area (Å²) in [5.74, 6) is 0. The van der Waals surface area contributed by atoms with E-state index in [2.05, 4.69) is 24.3 Å². The van der Waals surface area contributed by atoms with Crippen LogP contribution in [0.5, 0.6) is 0 Å². The van der Waals surface area contributed by atoms with Crippen molar-refractivity contribution in [3.63, 3.8) is 0 Å². The van der Waals surface area contributed by atoms with Crippen LogP contribution < -0.4 is 5.69 Å². The third-order valence-corrected chi connectivity index (χ3v) is 4.90. The highest BCUT2D eigenvalue weighted by atomic mass is 16.6. The normalized spacial score (nSPS) is 20.9. The SMILES string of the molecule is O=c1n(C[C@@H]2CO2)c(-c2ccccc2)c(-c2ccccc2)n1C[C@@H]1CO1. The molecule has 2 fully saturated rings. The molecule has 0 saturated carbocycles. The van der Waals surface area contributed by atoms with Crippen LogP contribution in [0.15, 0.2) is 65.5 Å². The molecule has 0 amide bonds. The van der Waals surface area contributed by atoms with E-state index in [-0.39, 0.29) is 17.9 Å². The number of aromatic nitrogens is 2. The van der Waals surface area contributed by atoms with E-state index in [1.807, 2.05) is 45.5 Å². The van der Waals surface area contributed by atoms with Gasteiger partial charge < -0.3 is 9.47 Å². The van der Waals surface area contributed by atoms with Gasteiger partial charge >= 0.3 is 5.69 Å². The fourth-order valence-electron chi connectivity index (χ4n) is 3.46. The Bertz CT molecular complexity index is 890. The summed E-state index contributed by atoms with van der Waals surface area (Å²) < 4.78 is 14.6. The Morgan fingerprint density at radius 1 is 0.731 bits per heavy atom. The smallest absolute Gasteiger partial charge is 0.329 e. The lowest BCUT2D eigenvalue weighted by atomic mass is 10.0. The van der Waals surface area contributed by atoms with E-state index in [9.17, 15) is 4.79 Å². The number of nitrogens with zero attached hydrogens (tertiary/aromatic N) is 2. The van der Waals surface area contributed by atoms with Gasteiger partial charge in [0.05, 0.1) is 49.9 Å². The Balaban J connectivity index is 1.77. The molecule has 0 bridgehead atoms. The van der Waals surface area contributed by atoms with Crippen LogP contribution in [0.4, 0.5) is 0 Å². The van der Waals surface area contributed by atoms with Gasteiger partial charge in [0.2, 0.25) is 0 Å². The maximum Gasteiger partial charge on any atom is 0.329 e. The van der Waals surface area contributed by atoms with Gasteiger partial charge in [-0.15, -0.1) is 0 Å². The Hall–Kier alpha value is -2.63. The van der Waals surface area contributed by atoms with Crippen LogP contribution in [0.25, 0.3) is 22.5 Å². The van der Waals surface area contributed by atoms with E-state index >= 15 is 0 Å². The number of benzene rings is 2. The lowest BCUT2D eigenvalue weighted by Crippen LogP contribution is -2.28. The monoisotopic (exact) mass is 348 g/mol. The zero-order chi connectivity index (χ0) is 17.5. The van der Waals surface area contributed by atoms with Crippen LogP contribution in [0.2, 0.25) is 0 Å². The van der Waals surface area contributed by atoms with Crippen LogP contribution in [0.1, 0.15) is 0 Å². The second-order valence-corrected chi connectivity index (χ2v) is 6.84. The van der Waals surface area contributed by atoms with Gasteiger partial charge in [0.25, 0.3) is 0 Å². The molecular formula is C21H20N2O3. The number of ether oxygens (including phenoxy) is 2. The maximum absolute atomic E-state index is 13.3. The first-order valence-corrected chi connectivity index (χ1v) is 8.98. The quantitative estimate of drug-likeness (QED) is 0.644. The summed E-state index contributed by atoms with van der Waals surface area (Å²) in [5.41, 5.74) is 4.00. The molecule has 2 atom stereocenters. The molecule has 5 nitrogen and oxygen atoms in total. The molecule has 5 heteroatoms. The van der Waals surface area contributed by atoms with Gasteiger partial charge in [-0.3, -0.25) is 9.13 Å². The number of hydrogen-bond donors (Lipinski definition) is 0. The number of hydrogen-bond acceptors (Lipinski definition) is 3. The molecule has 3 aromatic rings. The zero-order valence-electron chi connectivity index (χ0n) is 14.4. The first-order valence-electron chi connectivity index (χ1n) is 8.98. The van der Waals surface area contributed by atoms with Crippen molar-refractivity contribution >= 4 is 0 Å². The van der Waals surface area contributed by atoms with Crippen molar-refractivity contribution < 1.29 is 9.47 Å². The Kier molecular flexibility index (Phi) is 3.76. The van der Waals surface area contributed by atoms with Gasteiger partial charge in [-0.1, -0.05) is 60.7 Å². The molecule has 1 aromatic heterocycles. The van der Waals surface area contributed by atoms with Crippen molar-refractivity contribution in [3.8, 4) is 22.5 Å². The summed E-state index contributed by atoms with van der Waals surface area (Å²) >= 11 is 0. The van der Waals surface area contributed by atoms with Crippen LogP contribution in [-0.4, -0.2) is 34.6 Å². The number of imidazole rings is 1. The molecule has 2 aliphatic heterocycles. The highest BCUT2D eigenvalue weighted by molar-refractivity contribution is 5.79. The van der Waals surface area contributed by atoms with Crippen LogP contribution in [-0.2, 0) is 22.6 Å². The molecule has 0 spiro atoms. The molecule has 132 valence electrons. The Morgan fingerprint density at radius 3 is 1.46 bits per heavy atom. The van der Waals surface area contributed by atoms with Gasteiger partial charge in [0.1, 0.15) is 0 Å². The molecule has 0 N–H and O–H groups in total. The Labute approximate surface area is 151 Å². The molecule has 2 saturated heterocycles. The van der Waals surface area contributed by atoms with Crippen LogP contribution >= 0.6 is 0 Å². The molecule has 0 aliphatic carbocycles. The van der Waals surface area contributed by atoms with Crippen molar-refractivity contribution in [3.05, 3.63) is 71.1 Å². The van der Waals surface area contributed by atoms with E-state index in [0.29, 0.717) is 13.1 Å². The van der Waals surface area contributed by atoms with E-state index in [0.717, 1.165) is 35.7 Å². The van der Waals surface area contributed by atoms with E-state index in [1.54, 1.807) is 0 Å². The third kappa shape index (κ3) is 2.89. The second kappa shape index (κ2) is 6.27. The molecule has 3 heterocycles. The van der Waals surface area contributed by atoms with Crippen LogP contribution in [0, 0.1) is 0 Å².